The average Bonchev–Trinajstić information content (AvgIpc) is 2.40. The van der Waals surface area contributed by atoms with Crippen LogP contribution in [-0.4, -0.2) is 42.1 Å². The number of likely N-dealkylation sites (N-methyl/N-ethyl adjacent to an activating group) is 1. The van der Waals surface area contributed by atoms with Crippen LogP contribution in [-0.2, 0) is 0 Å². The molecule has 4 nitrogen and oxygen atoms in total. The van der Waals surface area contributed by atoms with Crippen LogP contribution in [0.3, 0.4) is 0 Å². The van der Waals surface area contributed by atoms with E-state index in [4.69, 9.17) is 0 Å². The lowest BCUT2D eigenvalue weighted by Crippen LogP contribution is -2.35. The number of nitrogens with zero attached hydrogens (tertiary/aromatic N) is 1. The Kier molecular flexibility index (Phi) is 6.36. The van der Waals surface area contributed by atoms with Crippen LogP contribution in [0.25, 0.3) is 0 Å². The van der Waals surface area contributed by atoms with Crippen molar-refractivity contribution >= 4 is 5.91 Å². The molecule has 1 aromatic carbocycles. The fourth-order valence-corrected chi connectivity index (χ4v) is 2.04. The molecular formula is C15H24N2O2. The number of benzene rings is 1. The van der Waals surface area contributed by atoms with Crippen LogP contribution in [0.2, 0.25) is 0 Å². The predicted octanol–water partition coefficient (Wildman–Crippen LogP) is 2.16. The molecule has 106 valence electrons. The highest BCUT2D eigenvalue weighted by molar-refractivity contribution is 5.96. The Hall–Kier alpha value is -1.55. The molecule has 0 radical (unpaired) electrons. The Morgan fingerprint density at radius 3 is 2.68 bits per heavy atom. The molecule has 0 saturated carbocycles. The normalized spacial score (nSPS) is 10.7. The number of phenols is 1. The van der Waals surface area contributed by atoms with Gasteiger partial charge in [-0.15, -0.1) is 0 Å². The minimum Gasteiger partial charge on any atom is -0.508 e. The zero-order valence-electron chi connectivity index (χ0n) is 12.1. The molecule has 0 unspecified atom stereocenters. The van der Waals surface area contributed by atoms with Crippen molar-refractivity contribution in [3.63, 3.8) is 0 Å². The summed E-state index contributed by atoms with van der Waals surface area (Å²) in [6.07, 6.45) is 1.12. The Morgan fingerprint density at radius 1 is 1.32 bits per heavy atom. The van der Waals surface area contributed by atoms with Gasteiger partial charge in [-0.2, -0.15) is 0 Å². The number of hydrogen-bond donors (Lipinski definition) is 2. The minimum atomic E-state index is -0.124. The fourth-order valence-electron chi connectivity index (χ4n) is 2.04. The van der Waals surface area contributed by atoms with Gasteiger partial charge in [0, 0.05) is 24.2 Å². The van der Waals surface area contributed by atoms with Crippen molar-refractivity contribution in [2.45, 2.75) is 27.2 Å². The number of carbonyl (C=O) groups excluding carboxylic acids is 1. The monoisotopic (exact) mass is 264 g/mol. The SMILES string of the molecule is CCCN(CC)CCNC(=O)c1cccc(O)c1C. The van der Waals surface area contributed by atoms with Crippen molar-refractivity contribution in [1.29, 1.82) is 0 Å². The third kappa shape index (κ3) is 4.56. The van der Waals surface area contributed by atoms with E-state index in [1.54, 1.807) is 25.1 Å². The number of phenolic OH excluding ortho intramolecular Hbond substituents is 1. The second-order valence-electron chi connectivity index (χ2n) is 4.64. The topological polar surface area (TPSA) is 52.6 Å². The largest absolute Gasteiger partial charge is 0.508 e. The smallest absolute Gasteiger partial charge is 0.251 e. The second kappa shape index (κ2) is 7.79. The summed E-state index contributed by atoms with van der Waals surface area (Å²) in [6.45, 7) is 9.55. The van der Waals surface area contributed by atoms with Crippen molar-refractivity contribution in [1.82, 2.24) is 10.2 Å². The summed E-state index contributed by atoms with van der Waals surface area (Å²) in [6, 6.07) is 5.01. The molecule has 0 aliphatic heterocycles. The molecular weight excluding hydrogens is 240 g/mol. The summed E-state index contributed by atoms with van der Waals surface area (Å²) in [5, 5.41) is 12.5. The van der Waals surface area contributed by atoms with Gasteiger partial charge in [0.05, 0.1) is 0 Å². The summed E-state index contributed by atoms with van der Waals surface area (Å²) in [5.74, 6) is 0.0368. The molecule has 0 aromatic heterocycles. The molecule has 0 aliphatic rings. The number of rotatable bonds is 7. The number of amides is 1. The highest BCUT2D eigenvalue weighted by Gasteiger charge is 2.11. The molecule has 1 rings (SSSR count). The predicted molar refractivity (Wildman–Crippen MR) is 77.6 cm³/mol. The molecule has 0 heterocycles. The van der Waals surface area contributed by atoms with E-state index in [0.29, 0.717) is 17.7 Å². The van der Waals surface area contributed by atoms with Crippen molar-refractivity contribution in [3.8, 4) is 5.75 Å². The van der Waals surface area contributed by atoms with Crippen molar-refractivity contribution < 1.29 is 9.90 Å². The Balaban J connectivity index is 2.49. The maximum absolute atomic E-state index is 12.0. The van der Waals surface area contributed by atoms with E-state index in [1.807, 2.05) is 0 Å². The van der Waals surface area contributed by atoms with E-state index in [2.05, 4.69) is 24.1 Å². The van der Waals surface area contributed by atoms with Crippen LogP contribution in [0.1, 0.15) is 36.2 Å². The first kappa shape index (κ1) is 15.5. The summed E-state index contributed by atoms with van der Waals surface area (Å²) in [4.78, 5) is 14.3. The summed E-state index contributed by atoms with van der Waals surface area (Å²) in [7, 11) is 0. The number of aromatic hydroxyl groups is 1. The lowest BCUT2D eigenvalue weighted by molar-refractivity contribution is 0.0947. The van der Waals surface area contributed by atoms with Gasteiger partial charge in [0.2, 0.25) is 0 Å². The molecule has 0 saturated heterocycles. The van der Waals surface area contributed by atoms with Crippen molar-refractivity contribution in [3.05, 3.63) is 29.3 Å². The van der Waals surface area contributed by atoms with Gasteiger partial charge in [0.15, 0.2) is 0 Å². The first-order valence-corrected chi connectivity index (χ1v) is 6.89. The summed E-state index contributed by atoms with van der Waals surface area (Å²) < 4.78 is 0. The molecule has 0 bridgehead atoms. The van der Waals surface area contributed by atoms with Gasteiger partial charge < -0.3 is 15.3 Å². The molecule has 0 atom stereocenters. The van der Waals surface area contributed by atoms with Gasteiger partial charge in [-0.1, -0.05) is 19.9 Å². The van der Waals surface area contributed by atoms with Gasteiger partial charge in [0.1, 0.15) is 5.75 Å². The van der Waals surface area contributed by atoms with Gasteiger partial charge >= 0.3 is 0 Å². The van der Waals surface area contributed by atoms with E-state index < -0.39 is 0 Å². The van der Waals surface area contributed by atoms with E-state index in [-0.39, 0.29) is 11.7 Å². The number of nitrogens with one attached hydrogen (secondary N) is 1. The molecule has 0 aliphatic carbocycles. The molecule has 4 heteroatoms. The van der Waals surface area contributed by atoms with Crippen LogP contribution in [0, 0.1) is 6.92 Å². The van der Waals surface area contributed by atoms with Gasteiger partial charge in [-0.3, -0.25) is 4.79 Å². The third-order valence-electron chi connectivity index (χ3n) is 3.25. The first-order chi connectivity index (χ1) is 9.10. The maximum Gasteiger partial charge on any atom is 0.251 e. The standard InChI is InChI=1S/C15H24N2O2/c1-4-10-17(5-2)11-9-16-15(19)13-7-6-8-14(18)12(13)3/h6-8,18H,4-5,9-11H2,1-3H3,(H,16,19). The number of hydrogen-bond acceptors (Lipinski definition) is 3. The highest BCUT2D eigenvalue weighted by Crippen LogP contribution is 2.19. The molecule has 1 aromatic rings. The fraction of sp³-hybridized carbons (Fsp3) is 0.533. The Morgan fingerprint density at radius 2 is 2.05 bits per heavy atom. The Labute approximate surface area is 115 Å². The average molecular weight is 264 g/mol. The van der Waals surface area contributed by atoms with Gasteiger partial charge in [0.25, 0.3) is 5.91 Å². The zero-order valence-corrected chi connectivity index (χ0v) is 12.1. The molecule has 0 fully saturated rings. The van der Waals surface area contributed by atoms with Gasteiger partial charge in [-0.05, 0) is 38.6 Å². The van der Waals surface area contributed by atoms with Crippen LogP contribution in [0.15, 0.2) is 18.2 Å². The van der Waals surface area contributed by atoms with Crippen molar-refractivity contribution in [2.75, 3.05) is 26.2 Å². The van der Waals surface area contributed by atoms with E-state index >= 15 is 0 Å². The summed E-state index contributed by atoms with van der Waals surface area (Å²) in [5.41, 5.74) is 1.17. The van der Waals surface area contributed by atoms with Crippen LogP contribution < -0.4 is 5.32 Å². The van der Waals surface area contributed by atoms with Gasteiger partial charge in [-0.25, -0.2) is 0 Å². The highest BCUT2D eigenvalue weighted by atomic mass is 16.3. The quantitative estimate of drug-likeness (QED) is 0.793. The van der Waals surface area contributed by atoms with E-state index in [9.17, 15) is 9.90 Å². The van der Waals surface area contributed by atoms with Crippen LogP contribution >= 0.6 is 0 Å². The minimum absolute atomic E-state index is 0.124. The zero-order chi connectivity index (χ0) is 14.3. The van der Waals surface area contributed by atoms with Crippen molar-refractivity contribution in [2.24, 2.45) is 0 Å². The third-order valence-corrected chi connectivity index (χ3v) is 3.25. The summed E-state index contributed by atoms with van der Waals surface area (Å²) >= 11 is 0. The van der Waals surface area contributed by atoms with Crippen LogP contribution in [0.5, 0.6) is 5.75 Å². The molecule has 2 N–H and O–H groups in total. The lowest BCUT2D eigenvalue weighted by atomic mass is 10.1. The molecule has 1 amide bonds. The molecule has 0 spiro atoms. The van der Waals surface area contributed by atoms with E-state index in [1.165, 1.54) is 0 Å². The maximum atomic E-state index is 12.0. The number of carbonyl (C=O) groups is 1. The Bertz CT molecular complexity index is 419. The first-order valence-electron chi connectivity index (χ1n) is 6.89. The van der Waals surface area contributed by atoms with Crippen LogP contribution in [0.4, 0.5) is 0 Å². The lowest BCUT2D eigenvalue weighted by Gasteiger charge is -2.19. The second-order valence-corrected chi connectivity index (χ2v) is 4.64. The van der Waals surface area contributed by atoms with E-state index in [0.717, 1.165) is 26.1 Å². The molecule has 19 heavy (non-hydrogen) atoms.